The lowest BCUT2D eigenvalue weighted by Crippen LogP contribution is -2.51. The van der Waals surface area contributed by atoms with Crippen LogP contribution in [0.3, 0.4) is 0 Å². The predicted octanol–water partition coefficient (Wildman–Crippen LogP) is 3.10. The van der Waals surface area contributed by atoms with E-state index in [1.165, 1.54) is 22.8 Å². The molecule has 3 aliphatic rings. The molecule has 1 amide bonds. The summed E-state index contributed by atoms with van der Waals surface area (Å²) in [5, 5.41) is 14.4. The van der Waals surface area contributed by atoms with Gasteiger partial charge in [-0.2, -0.15) is 4.31 Å². The minimum atomic E-state index is -4.08. The van der Waals surface area contributed by atoms with Gasteiger partial charge in [0.05, 0.1) is 36.2 Å². The highest BCUT2D eigenvalue weighted by atomic mass is 32.2. The second kappa shape index (κ2) is 14.4. The van der Waals surface area contributed by atoms with Gasteiger partial charge < -0.3 is 38.8 Å². The van der Waals surface area contributed by atoms with E-state index in [0.29, 0.717) is 36.2 Å². The van der Waals surface area contributed by atoms with Crippen LogP contribution in [0.15, 0.2) is 66.0 Å². The SMILES string of the molecule is CC(C)CN(C[C@@H](O)[C@H](Cc1ccc(Oc2ccncn2)cc1)NC(=O)O[C@H]1CO[C@H]2OCC[C@H]21)S(=O)(=O)c1ccc2c(c1)OCO2. The fourth-order valence-electron chi connectivity index (χ4n) is 5.76. The van der Waals surface area contributed by atoms with E-state index >= 15 is 0 Å². The van der Waals surface area contributed by atoms with Crippen molar-refractivity contribution in [2.24, 2.45) is 11.8 Å². The number of benzene rings is 2. The number of aliphatic hydroxyl groups is 1. The number of rotatable bonds is 13. The van der Waals surface area contributed by atoms with Gasteiger partial charge in [-0.1, -0.05) is 26.0 Å². The summed E-state index contributed by atoms with van der Waals surface area (Å²) in [7, 11) is -4.08. The quantitative estimate of drug-likeness (QED) is 0.273. The first kappa shape index (κ1) is 32.9. The number of alkyl carbamates (subject to hydrolysis) is 1. The molecule has 4 heterocycles. The summed E-state index contributed by atoms with van der Waals surface area (Å²) < 4.78 is 62.3. The highest BCUT2D eigenvalue weighted by molar-refractivity contribution is 7.89. The first-order valence-electron chi connectivity index (χ1n) is 15.5. The van der Waals surface area contributed by atoms with Crippen LogP contribution in [-0.2, 0) is 30.7 Å². The third-order valence-corrected chi connectivity index (χ3v) is 9.94. The highest BCUT2D eigenvalue weighted by Crippen LogP contribution is 2.35. The van der Waals surface area contributed by atoms with Gasteiger partial charge in [0.2, 0.25) is 22.7 Å². The number of amides is 1. The van der Waals surface area contributed by atoms with E-state index in [4.69, 9.17) is 28.4 Å². The number of carbonyl (C=O) groups is 1. The lowest BCUT2D eigenvalue weighted by atomic mass is 10.0. The maximum absolute atomic E-state index is 13.9. The van der Waals surface area contributed by atoms with Gasteiger partial charge in [-0.15, -0.1) is 0 Å². The van der Waals surface area contributed by atoms with E-state index in [9.17, 15) is 18.3 Å². The smallest absolute Gasteiger partial charge is 0.407 e. The summed E-state index contributed by atoms with van der Waals surface area (Å²) in [6.45, 7) is 4.35. The number of aliphatic hydroxyl groups excluding tert-OH is 1. The Bertz CT molecular complexity index is 1630. The third kappa shape index (κ3) is 7.93. The summed E-state index contributed by atoms with van der Waals surface area (Å²) in [5.74, 6) is 1.57. The van der Waals surface area contributed by atoms with Crippen LogP contribution in [0.2, 0.25) is 0 Å². The Morgan fingerprint density at radius 1 is 1.09 bits per heavy atom. The number of carbonyl (C=O) groups excluding carboxylic acids is 1. The Balaban J connectivity index is 1.20. The maximum Gasteiger partial charge on any atom is 0.407 e. The standard InChI is InChI=1S/C32H38N4O10S/c1-20(2)15-36(47(39,40)23-7-8-27-28(14-23)44-19-43-27)16-26(37)25(35-32(38)46-29-17-42-31-24(29)10-12-41-31)13-21-3-5-22(6-4-21)45-30-9-11-33-18-34-30/h3-9,11,14,18,20,24-26,29,31,37H,10,12-13,15-17,19H2,1-2H3,(H,35,38)/t24-,25-,26+,29-,31+/m0/s1. The molecule has 14 nitrogen and oxygen atoms in total. The van der Waals surface area contributed by atoms with E-state index in [1.54, 1.807) is 42.6 Å². The lowest BCUT2D eigenvalue weighted by Gasteiger charge is -2.31. The molecule has 0 bridgehead atoms. The molecule has 2 aromatic carbocycles. The Kier molecular flexibility index (Phi) is 10.1. The van der Waals surface area contributed by atoms with E-state index in [1.807, 2.05) is 13.8 Å². The molecule has 3 aromatic rings. The molecule has 0 unspecified atom stereocenters. The largest absolute Gasteiger partial charge is 0.454 e. The van der Waals surface area contributed by atoms with Gasteiger partial charge in [0, 0.05) is 31.4 Å². The average molecular weight is 671 g/mol. The van der Waals surface area contributed by atoms with E-state index in [0.717, 1.165) is 5.56 Å². The number of hydrogen-bond donors (Lipinski definition) is 2. The Morgan fingerprint density at radius 3 is 2.66 bits per heavy atom. The first-order chi connectivity index (χ1) is 22.7. The van der Waals surface area contributed by atoms with Crippen LogP contribution in [0.25, 0.3) is 0 Å². The molecular formula is C32H38N4O10S. The van der Waals surface area contributed by atoms with Gasteiger partial charge in [-0.05, 0) is 48.6 Å². The van der Waals surface area contributed by atoms with Gasteiger partial charge in [0.15, 0.2) is 17.8 Å². The van der Waals surface area contributed by atoms with Crippen molar-refractivity contribution < 1.29 is 46.7 Å². The topological polar surface area (TPSA) is 168 Å². The van der Waals surface area contributed by atoms with Gasteiger partial charge in [0.1, 0.15) is 18.2 Å². The van der Waals surface area contributed by atoms with Crippen LogP contribution in [0, 0.1) is 11.8 Å². The minimum absolute atomic E-state index is 0.00580. The van der Waals surface area contributed by atoms with Gasteiger partial charge >= 0.3 is 6.09 Å². The molecule has 2 saturated heterocycles. The van der Waals surface area contributed by atoms with Crippen LogP contribution in [0.5, 0.6) is 23.1 Å². The highest BCUT2D eigenvalue weighted by Gasteiger charge is 2.44. The summed E-state index contributed by atoms with van der Waals surface area (Å²) in [5.41, 5.74) is 0.756. The fraction of sp³-hybridized carbons (Fsp3) is 0.469. The van der Waals surface area contributed by atoms with Crippen molar-refractivity contribution >= 4 is 16.1 Å². The normalized spacial score (nSPS) is 21.4. The second-order valence-electron chi connectivity index (χ2n) is 12.0. The van der Waals surface area contributed by atoms with Crippen molar-refractivity contribution in [1.29, 1.82) is 0 Å². The number of nitrogens with one attached hydrogen (secondary N) is 1. The second-order valence-corrected chi connectivity index (χ2v) is 14.0. The molecule has 0 aliphatic carbocycles. The van der Waals surface area contributed by atoms with Gasteiger partial charge in [-0.3, -0.25) is 0 Å². The average Bonchev–Trinajstić information content (AvgIpc) is 3.80. The number of hydrogen-bond acceptors (Lipinski definition) is 12. The number of sulfonamides is 1. The Hall–Kier alpha value is -4.02. The van der Waals surface area contributed by atoms with Crippen LogP contribution in [0.1, 0.15) is 25.8 Å². The zero-order valence-corrected chi connectivity index (χ0v) is 26.9. The molecule has 0 spiro atoms. The van der Waals surface area contributed by atoms with Gasteiger partial charge in [-0.25, -0.2) is 23.2 Å². The van der Waals surface area contributed by atoms with Crippen molar-refractivity contribution in [3.8, 4) is 23.1 Å². The van der Waals surface area contributed by atoms with Crippen molar-refractivity contribution in [3.05, 3.63) is 66.6 Å². The van der Waals surface area contributed by atoms with Crippen LogP contribution in [0.4, 0.5) is 4.79 Å². The number of nitrogens with zero attached hydrogens (tertiary/aromatic N) is 3. The molecule has 3 aliphatic heterocycles. The molecule has 1 aromatic heterocycles. The van der Waals surface area contributed by atoms with Crippen molar-refractivity contribution in [2.75, 3.05) is 33.1 Å². The molecule has 2 fully saturated rings. The fourth-order valence-corrected chi connectivity index (χ4v) is 7.40. The maximum atomic E-state index is 13.9. The van der Waals surface area contributed by atoms with E-state index in [-0.39, 0.29) is 49.6 Å². The molecule has 47 heavy (non-hydrogen) atoms. The third-order valence-electron chi connectivity index (χ3n) is 8.11. The predicted molar refractivity (Wildman–Crippen MR) is 165 cm³/mol. The molecule has 0 radical (unpaired) electrons. The minimum Gasteiger partial charge on any atom is -0.454 e. The molecule has 6 rings (SSSR count). The van der Waals surface area contributed by atoms with E-state index < -0.39 is 40.7 Å². The molecule has 0 saturated carbocycles. The van der Waals surface area contributed by atoms with E-state index in [2.05, 4.69) is 15.3 Å². The zero-order chi connectivity index (χ0) is 33.0. The molecule has 2 N–H and O–H groups in total. The molecular weight excluding hydrogens is 632 g/mol. The number of fused-ring (bicyclic) bond motifs is 2. The summed E-state index contributed by atoms with van der Waals surface area (Å²) in [4.78, 5) is 21.2. The molecule has 252 valence electrons. The van der Waals surface area contributed by atoms with Crippen molar-refractivity contribution in [1.82, 2.24) is 19.6 Å². The van der Waals surface area contributed by atoms with Gasteiger partial charge in [0.25, 0.3) is 0 Å². The summed E-state index contributed by atoms with van der Waals surface area (Å²) in [6, 6.07) is 12.2. The van der Waals surface area contributed by atoms with Crippen molar-refractivity contribution in [3.63, 3.8) is 0 Å². The Labute approximate surface area is 273 Å². The van der Waals surface area contributed by atoms with Crippen LogP contribution in [-0.4, -0.2) is 91.5 Å². The summed E-state index contributed by atoms with van der Waals surface area (Å²) >= 11 is 0. The molecule has 15 heteroatoms. The number of aromatic nitrogens is 2. The zero-order valence-electron chi connectivity index (χ0n) is 26.1. The monoisotopic (exact) mass is 670 g/mol. The lowest BCUT2D eigenvalue weighted by molar-refractivity contribution is -0.0907. The van der Waals surface area contributed by atoms with Crippen LogP contribution >= 0.6 is 0 Å². The van der Waals surface area contributed by atoms with Crippen molar-refractivity contribution in [2.45, 2.75) is 56.1 Å². The Morgan fingerprint density at radius 2 is 1.89 bits per heavy atom. The molecule has 5 atom stereocenters. The summed E-state index contributed by atoms with van der Waals surface area (Å²) in [6.07, 6.45) is 0.871. The number of ether oxygens (including phenoxy) is 6. The first-order valence-corrected chi connectivity index (χ1v) is 16.9. The van der Waals surface area contributed by atoms with Crippen LogP contribution < -0.4 is 19.5 Å².